The second-order valence-corrected chi connectivity index (χ2v) is 10.9. The summed E-state index contributed by atoms with van der Waals surface area (Å²) in [7, 11) is 0. The summed E-state index contributed by atoms with van der Waals surface area (Å²) in [5.41, 5.74) is 1.30. The molecule has 0 aliphatic heterocycles. The molecule has 0 radical (unpaired) electrons. The average molecular weight is 526 g/mol. The Kier molecular flexibility index (Phi) is 6.86. The van der Waals surface area contributed by atoms with Gasteiger partial charge in [0.05, 0.1) is 18.0 Å². The first kappa shape index (κ1) is 25.0. The molecule has 4 N–H and O–H groups in total. The van der Waals surface area contributed by atoms with Gasteiger partial charge in [0.2, 0.25) is 17.8 Å². The fourth-order valence-electron chi connectivity index (χ4n) is 5.65. The summed E-state index contributed by atoms with van der Waals surface area (Å²) in [6.07, 6.45) is 9.69. The van der Waals surface area contributed by atoms with E-state index in [4.69, 9.17) is 4.98 Å². The molecule has 11 heteroatoms. The van der Waals surface area contributed by atoms with Crippen LogP contribution >= 0.6 is 0 Å². The smallest absolute Gasteiger partial charge is 0.224 e. The number of carbonyl (C=O) groups is 1. The van der Waals surface area contributed by atoms with Crippen molar-refractivity contribution in [2.24, 2.45) is 5.92 Å². The van der Waals surface area contributed by atoms with Crippen molar-refractivity contribution in [2.75, 3.05) is 10.6 Å². The van der Waals surface area contributed by atoms with E-state index in [0.29, 0.717) is 29.1 Å². The van der Waals surface area contributed by atoms with Crippen LogP contribution in [0.2, 0.25) is 0 Å². The molecular formula is C27H33F2N7O2. The number of fused-ring (bicyclic) bond motifs is 1. The van der Waals surface area contributed by atoms with Crippen molar-refractivity contribution in [3.05, 3.63) is 36.0 Å². The average Bonchev–Trinajstić information content (AvgIpc) is 3.65. The Morgan fingerprint density at radius 3 is 2.39 bits per heavy atom. The molecule has 9 nitrogen and oxygen atoms in total. The Labute approximate surface area is 219 Å². The van der Waals surface area contributed by atoms with Crippen molar-refractivity contribution in [3.8, 4) is 0 Å². The fourth-order valence-corrected chi connectivity index (χ4v) is 5.65. The van der Waals surface area contributed by atoms with Gasteiger partial charge < -0.3 is 21.1 Å². The van der Waals surface area contributed by atoms with E-state index in [1.165, 1.54) is 12.1 Å². The van der Waals surface area contributed by atoms with Crippen LogP contribution in [-0.4, -0.2) is 48.7 Å². The van der Waals surface area contributed by atoms with Gasteiger partial charge in [-0.2, -0.15) is 4.98 Å². The molecule has 0 saturated heterocycles. The Morgan fingerprint density at radius 1 is 0.947 bits per heavy atom. The number of amides is 1. The lowest BCUT2D eigenvalue weighted by molar-refractivity contribution is -0.126. The Bertz CT molecular complexity index is 1310. The van der Waals surface area contributed by atoms with Gasteiger partial charge in [-0.3, -0.25) is 9.36 Å². The van der Waals surface area contributed by atoms with Crippen LogP contribution in [0, 0.1) is 17.6 Å². The number of rotatable bonds is 7. The molecule has 2 heterocycles. The highest BCUT2D eigenvalue weighted by molar-refractivity contribution is 5.79. The van der Waals surface area contributed by atoms with Crippen LogP contribution in [0.25, 0.3) is 11.2 Å². The van der Waals surface area contributed by atoms with Gasteiger partial charge in [-0.25, -0.2) is 18.7 Å². The van der Waals surface area contributed by atoms with E-state index >= 15 is 0 Å². The quantitative estimate of drug-likeness (QED) is 0.357. The largest absolute Gasteiger partial charge is 0.393 e. The minimum atomic E-state index is -0.711. The third-order valence-corrected chi connectivity index (χ3v) is 8.00. The number of halogens is 2. The standard InChI is InChI=1S/C27H33F2N7O2/c28-16-3-12-22(21(29)13-16)33-27-34-23-14-30-26(32-18-6-10-20(37)11-7-18)35-24(23)36(27)19-8-1-15(2-9-19)25(38)31-17-4-5-17/h3,12-15,17-20,37H,1-2,4-11H2,(H,31,38)(H,33,34)(H,30,32,35)/t15-,18?,19+,20?. The highest BCUT2D eigenvalue weighted by atomic mass is 19.1. The van der Waals surface area contributed by atoms with Crippen LogP contribution in [0.5, 0.6) is 0 Å². The molecule has 3 fully saturated rings. The SMILES string of the molecule is O=C(NC1CC1)[C@H]1CC[C@@H](n2c(Nc3ccc(F)cc3F)nc3cnc(NC4CCC(O)CC4)nc32)CC1. The number of nitrogens with zero attached hydrogens (tertiary/aromatic N) is 4. The lowest BCUT2D eigenvalue weighted by Crippen LogP contribution is -2.35. The van der Waals surface area contributed by atoms with Crippen molar-refractivity contribution < 1.29 is 18.7 Å². The highest BCUT2D eigenvalue weighted by Gasteiger charge is 2.33. The zero-order chi connectivity index (χ0) is 26.2. The zero-order valence-electron chi connectivity index (χ0n) is 21.2. The number of anilines is 3. The number of nitrogens with one attached hydrogen (secondary N) is 3. The second-order valence-electron chi connectivity index (χ2n) is 10.9. The summed E-state index contributed by atoms with van der Waals surface area (Å²) < 4.78 is 30.0. The number of aromatic nitrogens is 4. The van der Waals surface area contributed by atoms with Crippen LogP contribution in [0.3, 0.4) is 0 Å². The van der Waals surface area contributed by atoms with E-state index < -0.39 is 11.6 Å². The van der Waals surface area contributed by atoms with Gasteiger partial charge in [0.25, 0.3) is 0 Å². The van der Waals surface area contributed by atoms with Crippen molar-refractivity contribution in [3.63, 3.8) is 0 Å². The topological polar surface area (TPSA) is 117 Å². The van der Waals surface area contributed by atoms with Gasteiger partial charge in [-0.15, -0.1) is 0 Å². The van der Waals surface area contributed by atoms with Crippen molar-refractivity contribution >= 4 is 34.7 Å². The third kappa shape index (κ3) is 5.43. The Hall–Kier alpha value is -3.34. The molecule has 38 heavy (non-hydrogen) atoms. The van der Waals surface area contributed by atoms with Crippen molar-refractivity contribution in [1.29, 1.82) is 0 Å². The number of benzene rings is 1. The zero-order valence-corrected chi connectivity index (χ0v) is 21.2. The summed E-state index contributed by atoms with van der Waals surface area (Å²) in [5.74, 6) is -0.348. The molecule has 0 atom stereocenters. The van der Waals surface area contributed by atoms with Crippen molar-refractivity contribution in [2.45, 2.75) is 88.4 Å². The molecule has 2 aromatic heterocycles. The molecule has 3 saturated carbocycles. The van der Waals surface area contributed by atoms with Gasteiger partial charge in [0.15, 0.2) is 5.65 Å². The number of hydrogen-bond acceptors (Lipinski definition) is 7. The monoisotopic (exact) mass is 525 g/mol. The van der Waals surface area contributed by atoms with Gasteiger partial charge in [0.1, 0.15) is 17.2 Å². The van der Waals surface area contributed by atoms with Gasteiger partial charge in [-0.1, -0.05) is 0 Å². The second kappa shape index (κ2) is 10.4. The number of aliphatic hydroxyl groups excluding tert-OH is 1. The van der Waals surface area contributed by atoms with Gasteiger partial charge in [0, 0.05) is 30.1 Å². The molecule has 0 spiro atoms. The normalized spacial score (nSPS) is 25.8. The lowest BCUT2D eigenvalue weighted by atomic mass is 9.85. The number of carbonyl (C=O) groups excluding carboxylic acids is 1. The highest BCUT2D eigenvalue weighted by Crippen LogP contribution is 2.38. The number of imidazole rings is 1. The Morgan fingerprint density at radius 2 is 1.68 bits per heavy atom. The predicted molar refractivity (Wildman–Crippen MR) is 139 cm³/mol. The summed E-state index contributed by atoms with van der Waals surface area (Å²) in [6, 6.07) is 3.91. The van der Waals surface area contributed by atoms with Gasteiger partial charge >= 0.3 is 0 Å². The lowest BCUT2D eigenvalue weighted by Gasteiger charge is -2.30. The molecule has 3 aromatic rings. The van der Waals surface area contributed by atoms with Crippen molar-refractivity contribution in [1.82, 2.24) is 24.8 Å². The first-order valence-corrected chi connectivity index (χ1v) is 13.6. The fraction of sp³-hybridized carbons (Fsp3) is 0.556. The van der Waals surface area contributed by atoms with E-state index in [9.17, 15) is 18.7 Å². The van der Waals surface area contributed by atoms with E-state index in [-0.39, 0.29) is 35.7 Å². The molecule has 3 aliphatic carbocycles. The molecule has 1 aromatic carbocycles. The van der Waals surface area contributed by atoms with E-state index in [1.807, 2.05) is 4.57 Å². The van der Waals surface area contributed by atoms with Crippen LogP contribution in [0.15, 0.2) is 24.4 Å². The van der Waals surface area contributed by atoms with Crippen LogP contribution in [0.4, 0.5) is 26.4 Å². The minimum absolute atomic E-state index is 0.00330. The number of hydrogen-bond donors (Lipinski definition) is 4. The van der Waals surface area contributed by atoms with E-state index in [2.05, 4.69) is 25.9 Å². The first-order chi connectivity index (χ1) is 18.4. The van der Waals surface area contributed by atoms with E-state index in [1.54, 1.807) is 6.20 Å². The summed E-state index contributed by atoms with van der Waals surface area (Å²) in [5, 5.41) is 19.4. The summed E-state index contributed by atoms with van der Waals surface area (Å²) >= 11 is 0. The first-order valence-electron chi connectivity index (χ1n) is 13.6. The molecule has 0 bridgehead atoms. The molecule has 6 rings (SSSR count). The van der Waals surface area contributed by atoms with Crippen LogP contribution in [-0.2, 0) is 4.79 Å². The summed E-state index contributed by atoms with van der Waals surface area (Å²) in [6.45, 7) is 0. The van der Waals surface area contributed by atoms with Crippen LogP contribution < -0.4 is 16.0 Å². The maximum Gasteiger partial charge on any atom is 0.224 e. The number of aliphatic hydroxyl groups is 1. The molecule has 3 aliphatic rings. The summed E-state index contributed by atoms with van der Waals surface area (Å²) in [4.78, 5) is 26.6. The predicted octanol–water partition coefficient (Wildman–Crippen LogP) is 4.57. The van der Waals surface area contributed by atoms with Crippen LogP contribution in [0.1, 0.15) is 70.3 Å². The molecule has 1 amide bonds. The van der Waals surface area contributed by atoms with E-state index in [0.717, 1.165) is 70.3 Å². The molecule has 202 valence electrons. The third-order valence-electron chi connectivity index (χ3n) is 8.00. The molecule has 0 unspecified atom stereocenters. The maximum absolute atomic E-state index is 14.5. The minimum Gasteiger partial charge on any atom is -0.393 e. The van der Waals surface area contributed by atoms with Gasteiger partial charge in [-0.05, 0) is 76.3 Å². The molecular weight excluding hydrogens is 492 g/mol. The maximum atomic E-state index is 14.5. The Balaban J connectivity index is 1.28.